The Balaban J connectivity index is 2.12. The lowest BCUT2D eigenvalue weighted by atomic mass is 10.1. The van der Waals surface area contributed by atoms with Crippen molar-refractivity contribution in [1.82, 2.24) is 19.9 Å². The molecule has 2 heterocycles. The van der Waals surface area contributed by atoms with Gasteiger partial charge in [-0.25, -0.2) is 15.0 Å². The summed E-state index contributed by atoms with van der Waals surface area (Å²) < 4.78 is 0. The molecule has 2 aromatic rings. The summed E-state index contributed by atoms with van der Waals surface area (Å²) in [6, 6.07) is 0. The molecule has 5 nitrogen and oxygen atoms in total. The van der Waals surface area contributed by atoms with Crippen LogP contribution in [-0.2, 0) is 0 Å². The summed E-state index contributed by atoms with van der Waals surface area (Å²) in [6.45, 7) is 4.85. The van der Waals surface area contributed by atoms with Crippen molar-refractivity contribution in [2.24, 2.45) is 5.92 Å². The number of hydrogen-bond donors (Lipinski definition) is 2. The fourth-order valence-corrected chi connectivity index (χ4v) is 1.41. The zero-order chi connectivity index (χ0) is 11.5. The van der Waals surface area contributed by atoms with Gasteiger partial charge in [0.1, 0.15) is 11.8 Å². The summed E-state index contributed by atoms with van der Waals surface area (Å²) in [5, 5.41) is 3.28. The van der Waals surface area contributed by atoms with E-state index in [1.807, 2.05) is 0 Å². The smallest absolute Gasteiger partial charge is 0.182 e. The Morgan fingerprint density at radius 2 is 2.19 bits per heavy atom. The third-order valence-electron chi connectivity index (χ3n) is 2.41. The first-order valence-electron chi connectivity index (χ1n) is 5.20. The number of nitrogens with zero attached hydrogens (tertiary/aromatic N) is 3. The Kier molecular flexibility index (Phi) is 3.24. The third kappa shape index (κ3) is 2.24. The van der Waals surface area contributed by atoms with Crippen molar-refractivity contribution in [2.75, 3.05) is 11.9 Å². The van der Waals surface area contributed by atoms with Crippen LogP contribution in [-0.4, -0.2) is 31.9 Å². The first-order valence-corrected chi connectivity index (χ1v) is 5.64. The summed E-state index contributed by atoms with van der Waals surface area (Å²) in [6.07, 6.45) is 3.09. The monoisotopic (exact) mass is 239 g/mol. The summed E-state index contributed by atoms with van der Waals surface area (Å²) in [7, 11) is 0. The van der Waals surface area contributed by atoms with Gasteiger partial charge in [-0.15, -0.1) is 11.6 Å². The van der Waals surface area contributed by atoms with Crippen LogP contribution in [0, 0.1) is 5.92 Å². The molecule has 0 fully saturated rings. The average molecular weight is 240 g/mol. The maximum Gasteiger partial charge on any atom is 0.182 e. The number of aromatic nitrogens is 4. The summed E-state index contributed by atoms with van der Waals surface area (Å²) >= 11 is 6.16. The van der Waals surface area contributed by atoms with Crippen molar-refractivity contribution < 1.29 is 0 Å². The van der Waals surface area contributed by atoms with Crippen LogP contribution in [0.1, 0.15) is 13.8 Å². The van der Waals surface area contributed by atoms with Gasteiger partial charge in [-0.1, -0.05) is 13.8 Å². The van der Waals surface area contributed by atoms with E-state index in [0.29, 0.717) is 18.1 Å². The van der Waals surface area contributed by atoms with E-state index in [-0.39, 0.29) is 5.38 Å². The standard InChI is InChI=1S/C10H14ClN5/c1-6(2)7(11)3-12-9-8-10(14-4-13-8)16-5-15-9/h4-7H,3H2,1-2H3,(H2,12,13,14,15,16). The van der Waals surface area contributed by atoms with Gasteiger partial charge in [0.25, 0.3) is 0 Å². The lowest BCUT2D eigenvalue weighted by Crippen LogP contribution is -2.20. The Labute approximate surface area is 98.7 Å². The zero-order valence-electron chi connectivity index (χ0n) is 9.24. The normalized spacial score (nSPS) is 13.2. The molecule has 0 saturated heterocycles. The number of alkyl halides is 1. The van der Waals surface area contributed by atoms with Crippen LogP contribution < -0.4 is 5.32 Å². The molecule has 0 aliphatic heterocycles. The topological polar surface area (TPSA) is 66.5 Å². The minimum atomic E-state index is 0.0768. The number of nitrogens with one attached hydrogen (secondary N) is 2. The minimum Gasteiger partial charge on any atom is -0.367 e. The van der Waals surface area contributed by atoms with E-state index < -0.39 is 0 Å². The van der Waals surface area contributed by atoms with Gasteiger partial charge in [-0.3, -0.25) is 0 Å². The number of halogens is 1. The number of anilines is 1. The first kappa shape index (κ1) is 11.1. The van der Waals surface area contributed by atoms with Gasteiger partial charge in [0.2, 0.25) is 0 Å². The van der Waals surface area contributed by atoms with Crippen molar-refractivity contribution in [3.63, 3.8) is 0 Å². The Morgan fingerprint density at radius 1 is 1.38 bits per heavy atom. The second kappa shape index (κ2) is 4.65. The van der Waals surface area contributed by atoms with E-state index in [1.54, 1.807) is 6.33 Å². The minimum absolute atomic E-state index is 0.0768. The van der Waals surface area contributed by atoms with Crippen LogP contribution in [0.5, 0.6) is 0 Å². The molecule has 0 bridgehead atoms. The average Bonchev–Trinajstić information content (AvgIpc) is 2.73. The predicted octanol–water partition coefficient (Wildman–Crippen LogP) is 2.03. The molecule has 0 spiro atoms. The summed E-state index contributed by atoms with van der Waals surface area (Å²) in [5.74, 6) is 1.17. The molecule has 0 aromatic carbocycles. The second-order valence-electron chi connectivity index (χ2n) is 3.96. The first-order chi connectivity index (χ1) is 7.68. The Hall–Kier alpha value is -1.36. The molecule has 0 saturated carbocycles. The van der Waals surface area contributed by atoms with Crippen LogP contribution in [0.25, 0.3) is 11.2 Å². The predicted molar refractivity (Wildman–Crippen MR) is 64.7 cm³/mol. The van der Waals surface area contributed by atoms with Crippen molar-refractivity contribution >= 4 is 28.6 Å². The van der Waals surface area contributed by atoms with E-state index in [2.05, 4.69) is 39.1 Å². The molecule has 16 heavy (non-hydrogen) atoms. The van der Waals surface area contributed by atoms with Gasteiger partial charge >= 0.3 is 0 Å². The van der Waals surface area contributed by atoms with Gasteiger partial charge in [-0.2, -0.15) is 0 Å². The molecule has 6 heteroatoms. The molecule has 2 aromatic heterocycles. The SMILES string of the molecule is CC(C)C(Cl)CNc1ncnc2nc[nH]c12. The Bertz CT molecular complexity index is 467. The van der Waals surface area contributed by atoms with E-state index in [4.69, 9.17) is 11.6 Å². The van der Waals surface area contributed by atoms with E-state index in [0.717, 1.165) is 11.3 Å². The number of H-pyrrole nitrogens is 1. The maximum absolute atomic E-state index is 6.16. The molecule has 2 rings (SSSR count). The molecule has 1 unspecified atom stereocenters. The molecular formula is C10H14ClN5. The fraction of sp³-hybridized carbons (Fsp3) is 0.500. The van der Waals surface area contributed by atoms with Crippen LogP contribution >= 0.6 is 11.6 Å². The lowest BCUT2D eigenvalue weighted by Gasteiger charge is -2.14. The number of aromatic amines is 1. The molecule has 0 radical (unpaired) electrons. The van der Waals surface area contributed by atoms with Crippen LogP contribution in [0.4, 0.5) is 5.82 Å². The molecule has 0 amide bonds. The van der Waals surface area contributed by atoms with E-state index in [9.17, 15) is 0 Å². The highest BCUT2D eigenvalue weighted by Crippen LogP contribution is 2.16. The molecule has 2 N–H and O–H groups in total. The quantitative estimate of drug-likeness (QED) is 0.802. The largest absolute Gasteiger partial charge is 0.367 e. The number of imidazole rings is 1. The van der Waals surface area contributed by atoms with Crippen molar-refractivity contribution in [3.05, 3.63) is 12.7 Å². The molecule has 0 aliphatic carbocycles. The number of hydrogen-bond acceptors (Lipinski definition) is 4. The van der Waals surface area contributed by atoms with Gasteiger partial charge < -0.3 is 10.3 Å². The van der Waals surface area contributed by atoms with Crippen molar-refractivity contribution in [1.29, 1.82) is 0 Å². The van der Waals surface area contributed by atoms with Crippen LogP contribution in [0.3, 0.4) is 0 Å². The fourth-order valence-electron chi connectivity index (χ4n) is 1.33. The number of rotatable bonds is 4. The second-order valence-corrected chi connectivity index (χ2v) is 4.52. The molecular weight excluding hydrogens is 226 g/mol. The van der Waals surface area contributed by atoms with Crippen LogP contribution in [0.2, 0.25) is 0 Å². The van der Waals surface area contributed by atoms with Crippen molar-refractivity contribution in [3.8, 4) is 0 Å². The highest BCUT2D eigenvalue weighted by Gasteiger charge is 2.11. The van der Waals surface area contributed by atoms with Crippen LogP contribution in [0.15, 0.2) is 12.7 Å². The van der Waals surface area contributed by atoms with Gasteiger partial charge in [0, 0.05) is 6.54 Å². The van der Waals surface area contributed by atoms with E-state index in [1.165, 1.54) is 6.33 Å². The lowest BCUT2D eigenvalue weighted by molar-refractivity contribution is 0.616. The number of fused-ring (bicyclic) bond motifs is 1. The zero-order valence-corrected chi connectivity index (χ0v) is 9.99. The van der Waals surface area contributed by atoms with Gasteiger partial charge in [0.05, 0.1) is 11.7 Å². The van der Waals surface area contributed by atoms with E-state index >= 15 is 0 Å². The Morgan fingerprint density at radius 3 is 2.94 bits per heavy atom. The van der Waals surface area contributed by atoms with Crippen molar-refractivity contribution in [2.45, 2.75) is 19.2 Å². The maximum atomic E-state index is 6.16. The summed E-state index contributed by atoms with van der Waals surface area (Å²) in [5.41, 5.74) is 1.48. The highest BCUT2D eigenvalue weighted by molar-refractivity contribution is 6.21. The molecule has 0 aliphatic rings. The summed E-state index contributed by atoms with van der Waals surface area (Å²) in [4.78, 5) is 15.3. The van der Waals surface area contributed by atoms with Gasteiger partial charge in [-0.05, 0) is 5.92 Å². The molecule has 86 valence electrons. The molecule has 1 atom stereocenters. The highest BCUT2D eigenvalue weighted by atomic mass is 35.5. The third-order valence-corrected chi connectivity index (χ3v) is 3.07. The van der Waals surface area contributed by atoms with Gasteiger partial charge in [0.15, 0.2) is 11.5 Å².